The highest BCUT2D eigenvalue weighted by Crippen LogP contribution is 2.16. The Bertz CT molecular complexity index is 761. The third-order valence-corrected chi connectivity index (χ3v) is 4.28. The van der Waals surface area contributed by atoms with Gasteiger partial charge in [-0.05, 0) is 30.3 Å². The molecule has 1 aliphatic heterocycles. The summed E-state index contributed by atoms with van der Waals surface area (Å²) in [4.78, 5) is 38.1. The van der Waals surface area contributed by atoms with Gasteiger partial charge in [-0.25, -0.2) is 14.4 Å². The lowest BCUT2D eigenvalue weighted by Gasteiger charge is -2.35. The molecule has 3 rings (SSSR count). The molecule has 2 aromatic rings. The first-order valence-electron chi connectivity index (χ1n) is 8.38. The number of amides is 2. The Hall–Kier alpha value is -3.03. The summed E-state index contributed by atoms with van der Waals surface area (Å²) in [7, 11) is 0. The summed E-state index contributed by atoms with van der Waals surface area (Å²) in [6, 6.07) is 7.29. The zero-order chi connectivity index (χ0) is 18.5. The number of hydrogen-bond acceptors (Lipinski definition) is 5. The highest BCUT2D eigenvalue weighted by atomic mass is 19.1. The van der Waals surface area contributed by atoms with E-state index in [9.17, 15) is 14.0 Å². The van der Waals surface area contributed by atoms with Crippen LogP contribution >= 0.6 is 0 Å². The van der Waals surface area contributed by atoms with Crippen molar-refractivity contribution in [1.29, 1.82) is 0 Å². The fourth-order valence-corrected chi connectivity index (χ4v) is 2.85. The Kier molecular flexibility index (Phi) is 5.40. The van der Waals surface area contributed by atoms with Gasteiger partial charge in [-0.2, -0.15) is 0 Å². The van der Waals surface area contributed by atoms with Crippen molar-refractivity contribution in [2.75, 3.05) is 42.5 Å². The van der Waals surface area contributed by atoms with Crippen molar-refractivity contribution in [1.82, 2.24) is 14.9 Å². The quantitative estimate of drug-likeness (QED) is 0.825. The van der Waals surface area contributed by atoms with Crippen LogP contribution in [0, 0.1) is 5.82 Å². The van der Waals surface area contributed by atoms with Crippen LogP contribution in [0.25, 0.3) is 0 Å². The lowest BCUT2D eigenvalue weighted by Crippen LogP contribution is -2.52. The minimum Gasteiger partial charge on any atom is -0.338 e. The standard InChI is InChI=1S/C18H20FN5O2/c1-14(25)24(16-5-3-15(19)4-6-16)13-17(26)22-9-11-23(12-10-22)18-20-7-2-8-21-18/h2-8H,9-13H2,1H3. The maximum atomic E-state index is 13.1. The first kappa shape index (κ1) is 17.8. The molecule has 0 radical (unpaired) electrons. The predicted molar refractivity (Wildman–Crippen MR) is 95.3 cm³/mol. The van der Waals surface area contributed by atoms with Crippen LogP contribution in [0.5, 0.6) is 0 Å². The molecule has 8 heteroatoms. The van der Waals surface area contributed by atoms with E-state index in [1.807, 2.05) is 4.90 Å². The molecule has 0 atom stereocenters. The normalized spacial score (nSPS) is 14.2. The molecule has 2 amide bonds. The van der Waals surface area contributed by atoms with E-state index in [4.69, 9.17) is 0 Å². The average Bonchev–Trinajstić information content (AvgIpc) is 2.67. The minimum atomic E-state index is -0.386. The molecule has 0 bridgehead atoms. The molecule has 136 valence electrons. The molecule has 0 aliphatic carbocycles. The van der Waals surface area contributed by atoms with Gasteiger partial charge in [0.25, 0.3) is 0 Å². The average molecular weight is 357 g/mol. The van der Waals surface area contributed by atoms with Crippen molar-refractivity contribution in [2.45, 2.75) is 6.92 Å². The number of nitrogens with zero attached hydrogens (tertiary/aromatic N) is 5. The first-order chi connectivity index (χ1) is 12.5. The second-order valence-corrected chi connectivity index (χ2v) is 6.00. The Morgan fingerprint density at radius 3 is 2.27 bits per heavy atom. The van der Waals surface area contributed by atoms with Gasteiger partial charge in [0, 0.05) is 51.2 Å². The van der Waals surface area contributed by atoms with Crippen molar-refractivity contribution in [3.05, 3.63) is 48.5 Å². The number of carbonyl (C=O) groups is 2. The molecular weight excluding hydrogens is 337 g/mol. The molecular formula is C18H20FN5O2. The summed E-state index contributed by atoms with van der Waals surface area (Å²) in [5, 5.41) is 0. The highest BCUT2D eigenvalue weighted by molar-refractivity contribution is 5.97. The van der Waals surface area contributed by atoms with Crippen molar-refractivity contribution in [3.63, 3.8) is 0 Å². The smallest absolute Gasteiger partial charge is 0.242 e. The Morgan fingerprint density at radius 1 is 1.08 bits per heavy atom. The Labute approximate surface area is 151 Å². The van der Waals surface area contributed by atoms with Crippen molar-refractivity contribution in [2.24, 2.45) is 0 Å². The van der Waals surface area contributed by atoms with Crippen LogP contribution in [0.3, 0.4) is 0 Å². The second kappa shape index (κ2) is 7.90. The number of carbonyl (C=O) groups excluding carboxylic acids is 2. The topological polar surface area (TPSA) is 69.6 Å². The van der Waals surface area contributed by atoms with Gasteiger partial charge in [-0.15, -0.1) is 0 Å². The van der Waals surface area contributed by atoms with Crippen molar-refractivity contribution in [3.8, 4) is 0 Å². The van der Waals surface area contributed by atoms with Gasteiger partial charge in [0.05, 0.1) is 0 Å². The molecule has 1 saturated heterocycles. The van der Waals surface area contributed by atoms with Gasteiger partial charge in [0.2, 0.25) is 17.8 Å². The number of hydrogen-bond donors (Lipinski definition) is 0. The van der Waals surface area contributed by atoms with Gasteiger partial charge < -0.3 is 14.7 Å². The Balaban J connectivity index is 1.60. The van der Waals surface area contributed by atoms with E-state index in [1.165, 1.54) is 36.1 Å². The summed E-state index contributed by atoms with van der Waals surface area (Å²) < 4.78 is 13.1. The minimum absolute atomic E-state index is 0.0667. The third-order valence-electron chi connectivity index (χ3n) is 4.28. The van der Waals surface area contributed by atoms with E-state index in [2.05, 4.69) is 9.97 Å². The van der Waals surface area contributed by atoms with Gasteiger partial charge in [0.15, 0.2) is 0 Å². The summed E-state index contributed by atoms with van der Waals surface area (Å²) in [6.45, 7) is 3.65. The van der Waals surface area contributed by atoms with Gasteiger partial charge in [-0.1, -0.05) is 0 Å². The van der Waals surface area contributed by atoms with Gasteiger partial charge in [0.1, 0.15) is 12.4 Å². The summed E-state index contributed by atoms with van der Waals surface area (Å²) >= 11 is 0. The number of aromatic nitrogens is 2. The SMILES string of the molecule is CC(=O)N(CC(=O)N1CCN(c2ncccn2)CC1)c1ccc(F)cc1. The summed E-state index contributed by atoms with van der Waals surface area (Å²) in [5.74, 6) is -0.140. The zero-order valence-electron chi connectivity index (χ0n) is 14.5. The summed E-state index contributed by atoms with van der Waals surface area (Å²) in [5.41, 5.74) is 0.503. The zero-order valence-corrected chi connectivity index (χ0v) is 14.5. The molecule has 1 aromatic carbocycles. The highest BCUT2D eigenvalue weighted by Gasteiger charge is 2.25. The predicted octanol–water partition coefficient (Wildman–Crippen LogP) is 1.32. The molecule has 1 fully saturated rings. The lowest BCUT2D eigenvalue weighted by molar-refractivity contribution is -0.131. The van der Waals surface area contributed by atoms with Crippen LogP contribution in [0.15, 0.2) is 42.7 Å². The van der Waals surface area contributed by atoms with Crippen LogP contribution < -0.4 is 9.80 Å². The van der Waals surface area contributed by atoms with Crippen LogP contribution in [-0.2, 0) is 9.59 Å². The van der Waals surface area contributed by atoms with E-state index in [1.54, 1.807) is 23.4 Å². The van der Waals surface area contributed by atoms with Crippen LogP contribution in [0.2, 0.25) is 0 Å². The first-order valence-corrected chi connectivity index (χ1v) is 8.38. The molecule has 7 nitrogen and oxygen atoms in total. The van der Waals surface area contributed by atoms with Gasteiger partial charge >= 0.3 is 0 Å². The lowest BCUT2D eigenvalue weighted by atomic mass is 10.2. The van der Waals surface area contributed by atoms with Crippen LogP contribution in [0.1, 0.15) is 6.92 Å². The fraction of sp³-hybridized carbons (Fsp3) is 0.333. The number of halogens is 1. The van der Waals surface area contributed by atoms with E-state index in [0.29, 0.717) is 37.8 Å². The van der Waals surface area contributed by atoms with Crippen LogP contribution in [-0.4, -0.2) is 59.4 Å². The van der Waals surface area contributed by atoms with Gasteiger partial charge in [-0.3, -0.25) is 9.59 Å². The summed E-state index contributed by atoms with van der Waals surface area (Å²) in [6.07, 6.45) is 3.38. The van der Waals surface area contributed by atoms with Crippen molar-refractivity contribution >= 4 is 23.5 Å². The fourth-order valence-electron chi connectivity index (χ4n) is 2.85. The van der Waals surface area contributed by atoms with E-state index >= 15 is 0 Å². The van der Waals surface area contributed by atoms with Crippen LogP contribution in [0.4, 0.5) is 16.0 Å². The maximum absolute atomic E-state index is 13.1. The maximum Gasteiger partial charge on any atom is 0.242 e. The molecule has 0 unspecified atom stereocenters. The van der Waals surface area contributed by atoms with E-state index in [-0.39, 0.29) is 24.2 Å². The molecule has 0 spiro atoms. The molecule has 0 N–H and O–H groups in total. The largest absolute Gasteiger partial charge is 0.338 e. The number of benzene rings is 1. The number of rotatable bonds is 4. The molecule has 2 heterocycles. The third kappa shape index (κ3) is 4.14. The molecule has 26 heavy (non-hydrogen) atoms. The molecule has 0 saturated carbocycles. The van der Waals surface area contributed by atoms with E-state index < -0.39 is 0 Å². The number of piperazine rings is 1. The number of anilines is 2. The molecule has 1 aromatic heterocycles. The second-order valence-electron chi connectivity index (χ2n) is 6.00. The molecule has 1 aliphatic rings. The monoisotopic (exact) mass is 357 g/mol. The van der Waals surface area contributed by atoms with Crippen molar-refractivity contribution < 1.29 is 14.0 Å². The van der Waals surface area contributed by atoms with E-state index in [0.717, 1.165) is 0 Å². The Morgan fingerprint density at radius 2 is 1.69 bits per heavy atom.